The largest absolute Gasteiger partial charge is 0.481 e. The molecule has 1 N–H and O–H groups in total. The van der Waals surface area contributed by atoms with E-state index in [9.17, 15) is 9.90 Å². The molecule has 5 nitrogen and oxygen atoms in total. The summed E-state index contributed by atoms with van der Waals surface area (Å²) in [5, 5.41) is 13.8. The summed E-state index contributed by atoms with van der Waals surface area (Å²) in [6.45, 7) is 8.62. The minimum Gasteiger partial charge on any atom is -0.481 e. The Balaban J connectivity index is 2.16. The van der Waals surface area contributed by atoms with Gasteiger partial charge in [0.2, 0.25) is 0 Å². The second-order valence-electron chi connectivity index (χ2n) is 6.94. The van der Waals surface area contributed by atoms with Gasteiger partial charge in [0.25, 0.3) is 0 Å². The highest BCUT2D eigenvalue weighted by atomic mass is 16.4. The number of aromatic nitrogens is 3. The number of nitrogens with zero attached hydrogens (tertiary/aromatic N) is 3. The molecule has 3 unspecified atom stereocenters. The molecule has 1 fully saturated rings. The van der Waals surface area contributed by atoms with Gasteiger partial charge in [0.1, 0.15) is 12.2 Å². The van der Waals surface area contributed by atoms with Crippen molar-refractivity contribution >= 4 is 5.97 Å². The van der Waals surface area contributed by atoms with Crippen LogP contribution < -0.4 is 0 Å². The maximum Gasteiger partial charge on any atom is 0.306 e. The summed E-state index contributed by atoms with van der Waals surface area (Å²) in [6.07, 6.45) is 5.10. The van der Waals surface area contributed by atoms with Crippen molar-refractivity contribution in [2.45, 2.75) is 59.4 Å². The molecule has 1 aromatic rings. The van der Waals surface area contributed by atoms with Crippen LogP contribution in [0.15, 0.2) is 6.33 Å². The summed E-state index contributed by atoms with van der Waals surface area (Å²) in [6, 6.07) is 0.260. The Bertz CT molecular complexity index is 482. The van der Waals surface area contributed by atoms with E-state index in [4.69, 9.17) is 0 Å². The van der Waals surface area contributed by atoms with Crippen LogP contribution in [0.2, 0.25) is 0 Å². The molecule has 0 aromatic carbocycles. The number of carboxylic acid groups (broad SMARTS) is 1. The summed E-state index contributed by atoms with van der Waals surface area (Å²) in [5.41, 5.74) is 0. The average Bonchev–Trinajstić information content (AvgIpc) is 2.86. The second-order valence-corrected chi connectivity index (χ2v) is 6.94. The Morgan fingerprint density at radius 3 is 2.67 bits per heavy atom. The minimum atomic E-state index is -0.655. The summed E-state index contributed by atoms with van der Waals surface area (Å²) >= 11 is 0. The van der Waals surface area contributed by atoms with E-state index < -0.39 is 5.97 Å². The van der Waals surface area contributed by atoms with E-state index in [-0.39, 0.29) is 17.9 Å². The van der Waals surface area contributed by atoms with Crippen LogP contribution in [0.25, 0.3) is 0 Å². The van der Waals surface area contributed by atoms with Crippen molar-refractivity contribution in [3.05, 3.63) is 12.2 Å². The Hall–Kier alpha value is -1.39. The van der Waals surface area contributed by atoms with E-state index >= 15 is 0 Å². The molecular formula is C16H27N3O2. The lowest BCUT2D eigenvalue weighted by Gasteiger charge is -2.35. The van der Waals surface area contributed by atoms with Crippen LogP contribution in [0.5, 0.6) is 0 Å². The van der Waals surface area contributed by atoms with E-state index in [1.165, 1.54) is 0 Å². The quantitative estimate of drug-likeness (QED) is 0.905. The molecule has 21 heavy (non-hydrogen) atoms. The first kappa shape index (κ1) is 16.0. The predicted molar refractivity (Wildman–Crippen MR) is 80.9 cm³/mol. The van der Waals surface area contributed by atoms with Crippen molar-refractivity contribution in [1.82, 2.24) is 14.8 Å². The molecule has 0 amide bonds. The van der Waals surface area contributed by atoms with E-state index in [1.807, 2.05) is 4.68 Å². The topological polar surface area (TPSA) is 68.0 Å². The zero-order valence-electron chi connectivity index (χ0n) is 13.5. The molecular weight excluding hydrogens is 266 g/mol. The molecule has 1 aliphatic carbocycles. The smallest absolute Gasteiger partial charge is 0.306 e. The third-order valence-corrected chi connectivity index (χ3v) is 4.86. The molecule has 1 aromatic heterocycles. The molecule has 0 bridgehead atoms. The van der Waals surface area contributed by atoms with Crippen molar-refractivity contribution in [3.63, 3.8) is 0 Å². The number of carbonyl (C=O) groups is 1. The third-order valence-electron chi connectivity index (χ3n) is 4.86. The fourth-order valence-corrected chi connectivity index (χ4v) is 3.54. The van der Waals surface area contributed by atoms with E-state index in [2.05, 4.69) is 37.8 Å². The van der Waals surface area contributed by atoms with Crippen LogP contribution in [0.1, 0.15) is 58.8 Å². The summed E-state index contributed by atoms with van der Waals surface area (Å²) in [4.78, 5) is 15.9. The lowest BCUT2D eigenvalue weighted by molar-refractivity contribution is -0.145. The van der Waals surface area contributed by atoms with Gasteiger partial charge in [0.15, 0.2) is 0 Å². The van der Waals surface area contributed by atoms with Crippen LogP contribution in [-0.2, 0) is 11.2 Å². The SMILES string of the molecule is CC(C)C1CCC(C(=O)O)C(Cc2ncnn2C(C)C)C1. The average molecular weight is 293 g/mol. The number of hydrogen-bond donors (Lipinski definition) is 1. The third kappa shape index (κ3) is 3.63. The number of rotatable bonds is 5. The lowest BCUT2D eigenvalue weighted by atomic mass is 9.69. The molecule has 0 radical (unpaired) electrons. The molecule has 0 spiro atoms. The first-order valence-electron chi connectivity index (χ1n) is 8.01. The number of hydrogen-bond acceptors (Lipinski definition) is 3. The fraction of sp³-hybridized carbons (Fsp3) is 0.812. The van der Waals surface area contributed by atoms with Gasteiger partial charge in [-0.1, -0.05) is 13.8 Å². The Kier molecular flexibility index (Phi) is 5.01. The summed E-state index contributed by atoms with van der Waals surface area (Å²) in [7, 11) is 0. The summed E-state index contributed by atoms with van der Waals surface area (Å²) in [5.74, 6) is 1.44. The Labute approximate surface area is 126 Å². The molecule has 0 aliphatic heterocycles. The van der Waals surface area contributed by atoms with Crippen LogP contribution in [0.3, 0.4) is 0 Å². The van der Waals surface area contributed by atoms with Crippen LogP contribution >= 0.6 is 0 Å². The maximum atomic E-state index is 11.5. The number of carboxylic acids is 1. The van der Waals surface area contributed by atoms with Crippen LogP contribution in [-0.4, -0.2) is 25.8 Å². The predicted octanol–water partition coefficient (Wildman–Crippen LogP) is 3.17. The van der Waals surface area contributed by atoms with Gasteiger partial charge in [0, 0.05) is 12.5 Å². The minimum absolute atomic E-state index is 0.172. The molecule has 0 saturated heterocycles. The van der Waals surface area contributed by atoms with E-state index in [0.29, 0.717) is 11.8 Å². The van der Waals surface area contributed by atoms with Gasteiger partial charge in [-0.25, -0.2) is 9.67 Å². The van der Waals surface area contributed by atoms with Gasteiger partial charge >= 0.3 is 5.97 Å². The van der Waals surface area contributed by atoms with Crippen molar-refractivity contribution in [1.29, 1.82) is 0 Å². The van der Waals surface area contributed by atoms with Gasteiger partial charge in [-0.3, -0.25) is 4.79 Å². The van der Waals surface area contributed by atoms with Crippen molar-refractivity contribution in [3.8, 4) is 0 Å². The van der Waals surface area contributed by atoms with Gasteiger partial charge in [-0.15, -0.1) is 0 Å². The first-order valence-corrected chi connectivity index (χ1v) is 8.01. The zero-order valence-corrected chi connectivity index (χ0v) is 13.5. The molecule has 1 saturated carbocycles. The molecule has 5 heteroatoms. The molecule has 1 heterocycles. The van der Waals surface area contributed by atoms with E-state index in [0.717, 1.165) is 31.5 Å². The lowest BCUT2D eigenvalue weighted by Crippen LogP contribution is -2.34. The molecule has 3 atom stereocenters. The van der Waals surface area contributed by atoms with Gasteiger partial charge in [-0.2, -0.15) is 5.10 Å². The molecule has 118 valence electrons. The van der Waals surface area contributed by atoms with Crippen LogP contribution in [0, 0.1) is 23.7 Å². The van der Waals surface area contributed by atoms with Gasteiger partial charge < -0.3 is 5.11 Å². The maximum absolute atomic E-state index is 11.5. The van der Waals surface area contributed by atoms with Crippen molar-refractivity contribution in [2.75, 3.05) is 0 Å². The van der Waals surface area contributed by atoms with Crippen molar-refractivity contribution in [2.24, 2.45) is 23.7 Å². The fourth-order valence-electron chi connectivity index (χ4n) is 3.54. The van der Waals surface area contributed by atoms with Crippen LogP contribution in [0.4, 0.5) is 0 Å². The zero-order chi connectivity index (χ0) is 15.6. The standard InChI is InChI=1S/C16H27N3O2/c1-10(2)12-5-6-14(16(20)21)13(7-12)8-15-17-9-18-19(15)11(3)4/h9-14H,5-8H2,1-4H3,(H,20,21). The Morgan fingerprint density at radius 1 is 1.38 bits per heavy atom. The summed E-state index contributed by atoms with van der Waals surface area (Å²) < 4.78 is 1.91. The highest BCUT2D eigenvalue weighted by Crippen LogP contribution is 2.39. The van der Waals surface area contributed by atoms with E-state index in [1.54, 1.807) is 6.33 Å². The Morgan fingerprint density at radius 2 is 2.10 bits per heavy atom. The molecule has 2 rings (SSSR count). The highest BCUT2D eigenvalue weighted by Gasteiger charge is 2.36. The second kappa shape index (κ2) is 6.58. The highest BCUT2D eigenvalue weighted by molar-refractivity contribution is 5.70. The van der Waals surface area contributed by atoms with Gasteiger partial charge in [-0.05, 0) is 50.9 Å². The monoisotopic (exact) mass is 293 g/mol. The molecule has 1 aliphatic rings. The first-order chi connectivity index (χ1) is 9.90. The van der Waals surface area contributed by atoms with Crippen molar-refractivity contribution < 1.29 is 9.90 Å². The van der Waals surface area contributed by atoms with Gasteiger partial charge in [0.05, 0.1) is 5.92 Å². The normalized spacial score (nSPS) is 26.5. The number of aliphatic carboxylic acids is 1.